The van der Waals surface area contributed by atoms with Crippen molar-refractivity contribution in [2.45, 2.75) is 13.0 Å². The summed E-state index contributed by atoms with van der Waals surface area (Å²) >= 11 is 3.34. The Morgan fingerprint density at radius 1 is 1.65 bits per heavy atom. The Labute approximate surface area is 107 Å². The van der Waals surface area contributed by atoms with E-state index in [1.165, 1.54) is 0 Å². The minimum absolute atomic E-state index is 0.123. The fourth-order valence-electron chi connectivity index (χ4n) is 1.60. The van der Waals surface area contributed by atoms with Crippen LogP contribution in [0.2, 0.25) is 0 Å². The molecule has 2 aromatic rings. The van der Waals surface area contributed by atoms with E-state index in [-0.39, 0.29) is 11.9 Å². The minimum Gasteiger partial charge on any atom is -0.347 e. The first kappa shape index (κ1) is 11.9. The van der Waals surface area contributed by atoms with Crippen molar-refractivity contribution < 1.29 is 4.79 Å². The van der Waals surface area contributed by atoms with Crippen LogP contribution in [0.15, 0.2) is 29.1 Å². The van der Waals surface area contributed by atoms with E-state index in [1.807, 2.05) is 20.2 Å². The number of aromatic nitrogens is 3. The van der Waals surface area contributed by atoms with Crippen LogP contribution in [0, 0.1) is 0 Å². The highest BCUT2D eigenvalue weighted by Crippen LogP contribution is 2.14. The molecule has 2 rings (SSSR count). The van der Waals surface area contributed by atoms with Crippen LogP contribution in [0.1, 0.15) is 29.3 Å². The zero-order chi connectivity index (χ0) is 12.4. The Morgan fingerprint density at radius 2 is 2.41 bits per heavy atom. The van der Waals surface area contributed by atoms with E-state index in [0.29, 0.717) is 5.69 Å². The lowest BCUT2D eigenvalue weighted by Gasteiger charge is -2.11. The molecule has 1 unspecified atom stereocenters. The van der Waals surface area contributed by atoms with Crippen molar-refractivity contribution in [3.8, 4) is 0 Å². The Morgan fingerprint density at radius 3 is 2.94 bits per heavy atom. The van der Waals surface area contributed by atoms with Crippen LogP contribution in [0.5, 0.6) is 0 Å². The molecule has 6 heteroatoms. The third-order valence-corrected chi connectivity index (χ3v) is 2.92. The van der Waals surface area contributed by atoms with Crippen LogP contribution in [-0.2, 0) is 7.05 Å². The van der Waals surface area contributed by atoms with Gasteiger partial charge in [-0.2, -0.15) is 0 Å². The average Bonchev–Trinajstić information content (AvgIpc) is 2.87. The first-order valence-electron chi connectivity index (χ1n) is 5.20. The summed E-state index contributed by atoms with van der Waals surface area (Å²) in [5.74, 6) is 0.619. The van der Waals surface area contributed by atoms with Gasteiger partial charge in [0.2, 0.25) is 0 Å². The molecule has 0 fully saturated rings. The molecule has 2 N–H and O–H groups in total. The van der Waals surface area contributed by atoms with Crippen molar-refractivity contribution >= 4 is 21.8 Å². The maximum atomic E-state index is 12.0. The highest BCUT2D eigenvalue weighted by molar-refractivity contribution is 9.10. The van der Waals surface area contributed by atoms with E-state index in [9.17, 15) is 4.79 Å². The molecular formula is C11H13BrN4O. The number of nitrogens with one attached hydrogen (secondary N) is 2. The highest BCUT2D eigenvalue weighted by atomic mass is 79.9. The summed E-state index contributed by atoms with van der Waals surface area (Å²) in [6, 6.07) is 1.63. The molecule has 0 saturated heterocycles. The standard InChI is InChI=1S/C11H13BrN4O/c1-7(10-13-3-4-14-10)15-11(17)9-5-8(12)6-16(9)2/h3-7H,1-2H3,(H,13,14)(H,15,17). The van der Waals surface area contributed by atoms with E-state index in [4.69, 9.17) is 0 Å². The zero-order valence-corrected chi connectivity index (χ0v) is 11.2. The SMILES string of the molecule is CC(NC(=O)c1cc(Br)cn1C)c1ncc[nH]1. The number of aryl methyl sites for hydroxylation is 1. The van der Waals surface area contributed by atoms with Crippen LogP contribution in [0.3, 0.4) is 0 Å². The quantitative estimate of drug-likeness (QED) is 0.910. The van der Waals surface area contributed by atoms with Gasteiger partial charge in [-0.05, 0) is 28.9 Å². The van der Waals surface area contributed by atoms with E-state index in [2.05, 4.69) is 31.2 Å². The van der Waals surface area contributed by atoms with Gasteiger partial charge in [-0.15, -0.1) is 0 Å². The van der Waals surface area contributed by atoms with Crippen molar-refractivity contribution in [3.63, 3.8) is 0 Å². The minimum atomic E-state index is -0.147. The van der Waals surface area contributed by atoms with Crippen LogP contribution >= 0.6 is 15.9 Å². The molecule has 90 valence electrons. The third kappa shape index (κ3) is 2.58. The molecule has 0 aliphatic rings. The number of hydrogen-bond acceptors (Lipinski definition) is 2. The fourth-order valence-corrected chi connectivity index (χ4v) is 2.13. The van der Waals surface area contributed by atoms with E-state index >= 15 is 0 Å². The number of carbonyl (C=O) groups is 1. The molecule has 2 aromatic heterocycles. The van der Waals surface area contributed by atoms with Crippen LogP contribution in [0.4, 0.5) is 0 Å². The second-order valence-corrected chi connectivity index (χ2v) is 4.74. The first-order chi connectivity index (χ1) is 8.08. The van der Waals surface area contributed by atoms with Crippen molar-refractivity contribution in [2.75, 3.05) is 0 Å². The molecule has 0 aliphatic carbocycles. The predicted octanol–water partition coefficient (Wildman–Crippen LogP) is 2.00. The molecule has 2 heterocycles. The van der Waals surface area contributed by atoms with Crippen LogP contribution in [-0.4, -0.2) is 20.4 Å². The van der Waals surface area contributed by atoms with Gasteiger partial charge in [0.25, 0.3) is 5.91 Å². The average molecular weight is 297 g/mol. The topological polar surface area (TPSA) is 62.7 Å². The van der Waals surface area contributed by atoms with Gasteiger partial charge in [-0.3, -0.25) is 4.79 Å². The number of H-pyrrole nitrogens is 1. The monoisotopic (exact) mass is 296 g/mol. The van der Waals surface area contributed by atoms with Gasteiger partial charge >= 0.3 is 0 Å². The van der Waals surface area contributed by atoms with Crippen molar-refractivity contribution in [1.29, 1.82) is 0 Å². The predicted molar refractivity (Wildman–Crippen MR) is 67.6 cm³/mol. The Kier molecular flexibility index (Phi) is 3.33. The molecule has 0 saturated carbocycles. The second kappa shape index (κ2) is 4.75. The smallest absolute Gasteiger partial charge is 0.268 e. The molecular weight excluding hydrogens is 284 g/mol. The second-order valence-electron chi connectivity index (χ2n) is 3.82. The molecule has 0 bridgehead atoms. The number of carbonyl (C=O) groups excluding carboxylic acids is 1. The summed E-state index contributed by atoms with van der Waals surface area (Å²) in [5.41, 5.74) is 0.607. The van der Waals surface area contributed by atoms with E-state index in [1.54, 1.807) is 23.0 Å². The molecule has 0 spiro atoms. The molecule has 0 aliphatic heterocycles. The molecule has 0 aromatic carbocycles. The molecule has 5 nitrogen and oxygen atoms in total. The molecule has 0 radical (unpaired) electrons. The first-order valence-corrected chi connectivity index (χ1v) is 5.99. The number of nitrogens with zero attached hydrogens (tertiary/aromatic N) is 2. The maximum Gasteiger partial charge on any atom is 0.268 e. The van der Waals surface area contributed by atoms with Gasteiger partial charge in [0.1, 0.15) is 11.5 Å². The zero-order valence-electron chi connectivity index (χ0n) is 9.57. The van der Waals surface area contributed by atoms with E-state index < -0.39 is 0 Å². The Hall–Kier alpha value is -1.56. The van der Waals surface area contributed by atoms with Gasteiger partial charge in [0.15, 0.2) is 0 Å². The lowest BCUT2D eigenvalue weighted by atomic mass is 10.3. The van der Waals surface area contributed by atoms with Gasteiger partial charge < -0.3 is 14.9 Å². The molecule has 1 atom stereocenters. The Bertz CT molecular complexity index is 518. The number of imidazole rings is 1. The van der Waals surface area contributed by atoms with Crippen molar-refractivity contribution in [1.82, 2.24) is 19.9 Å². The number of hydrogen-bond donors (Lipinski definition) is 2. The highest BCUT2D eigenvalue weighted by Gasteiger charge is 2.15. The van der Waals surface area contributed by atoms with Crippen LogP contribution < -0.4 is 5.32 Å². The summed E-state index contributed by atoms with van der Waals surface area (Å²) in [6.07, 6.45) is 5.24. The van der Waals surface area contributed by atoms with Crippen molar-refractivity contribution in [3.05, 3.63) is 40.6 Å². The third-order valence-electron chi connectivity index (χ3n) is 2.48. The number of halogens is 1. The van der Waals surface area contributed by atoms with Gasteiger partial charge in [0.05, 0.1) is 6.04 Å². The Balaban J connectivity index is 2.09. The van der Waals surface area contributed by atoms with Crippen LogP contribution in [0.25, 0.3) is 0 Å². The van der Waals surface area contributed by atoms with Gasteiger partial charge in [-0.25, -0.2) is 4.98 Å². The largest absolute Gasteiger partial charge is 0.347 e. The van der Waals surface area contributed by atoms with Crippen molar-refractivity contribution in [2.24, 2.45) is 7.05 Å². The summed E-state index contributed by atoms with van der Waals surface area (Å²) in [6.45, 7) is 1.88. The molecule has 17 heavy (non-hydrogen) atoms. The summed E-state index contributed by atoms with van der Waals surface area (Å²) in [4.78, 5) is 19.1. The fraction of sp³-hybridized carbons (Fsp3) is 0.273. The lowest BCUT2D eigenvalue weighted by Crippen LogP contribution is -2.28. The number of amides is 1. The van der Waals surface area contributed by atoms with E-state index in [0.717, 1.165) is 10.3 Å². The molecule has 1 amide bonds. The summed E-state index contributed by atoms with van der Waals surface area (Å²) in [5, 5.41) is 2.88. The van der Waals surface area contributed by atoms with Gasteiger partial charge in [0, 0.05) is 30.1 Å². The van der Waals surface area contributed by atoms with Gasteiger partial charge in [-0.1, -0.05) is 0 Å². The maximum absolute atomic E-state index is 12.0. The summed E-state index contributed by atoms with van der Waals surface area (Å²) in [7, 11) is 1.83. The summed E-state index contributed by atoms with van der Waals surface area (Å²) < 4.78 is 2.66. The lowest BCUT2D eigenvalue weighted by molar-refractivity contribution is 0.0930. The number of rotatable bonds is 3. The number of aromatic amines is 1. The normalized spacial score (nSPS) is 12.4.